The van der Waals surface area contributed by atoms with Crippen molar-refractivity contribution in [2.24, 2.45) is 0 Å². The fourth-order valence-corrected chi connectivity index (χ4v) is 2.41. The predicted molar refractivity (Wildman–Crippen MR) is 45.0 cm³/mol. The van der Waals surface area contributed by atoms with Crippen LogP contribution in [-0.4, -0.2) is 24.4 Å². The van der Waals surface area contributed by atoms with Gasteiger partial charge >= 0.3 is 0 Å². The number of ether oxygens (including phenoxy) is 2. The molecule has 2 aliphatic heterocycles. The van der Waals surface area contributed by atoms with Crippen LogP contribution < -0.4 is 0 Å². The highest BCUT2D eigenvalue weighted by molar-refractivity contribution is 4.90. The lowest BCUT2D eigenvalue weighted by Crippen LogP contribution is -1.74. The predicted octanol–water partition coefficient (Wildman–Crippen LogP) is 1.88. The molecule has 4 aliphatic rings. The average molecular weight is 168 g/mol. The molecular weight excluding hydrogens is 152 g/mol. The van der Waals surface area contributed by atoms with Crippen molar-refractivity contribution >= 4 is 0 Å². The Kier molecular flexibility index (Phi) is 1.66. The minimum Gasteiger partial charge on any atom is -0.370 e. The molecule has 68 valence electrons. The second-order valence-electron chi connectivity index (χ2n) is 4.29. The molecule has 2 nitrogen and oxygen atoms in total. The molecule has 0 aromatic heterocycles. The van der Waals surface area contributed by atoms with E-state index in [1.165, 1.54) is 38.5 Å². The van der Waals surface area contributed by atoms with Gasteiger partial charge in [-0.25, -0.2) is 0 Å². The number of fused-ring (bicyclic) bond motifs is 2. The Bertz CT molecular complexity index is 145. The molecule has 2 aliphatic carbocycles. The van der Waals surface area contributed by atoms with Crippen molar-refractivity contribution in [1.29, 1.82) is 0 Å². The first-order valence-corrected chi connectivity index (χ1v) is 5.24. The van der Waals surface area contributed by atoms with Gasteiger partial charge in [-0.1, -0.05) is 0 Å². The second kappa shape index (κ2) is 2.71. The largest absolute Gasteiger partial charge is 0.370 e. The zero-order valence-electron chi connectivity index (χ0n) is 7.37. The number of hydrogen-bond acceptors (Lipinski definition) is 2. The Labute approximate surface area is 73.2 Å². The highest BCUT2D eigenvalue weighted by atomic mass is 16.6. The van der Waals surface area contributed by atoms with E-state index in [4.69, 9.17) is 9.47 Å². The summed E-state index contributed by atoms with van der Waals surface area (Å²) in [6.45, 7) is 0. The SMILES string of the molecule is C1CC2OC2C1.C1CC2OC2C1. The van der Waals surface area contributed by atoms with Crippen LogP contribution in [0.4, 0.5) is 0 Å². The monoisotopic (exact) mass is 168 g/mol. The summed E-state index contributed by atoms with van der Waals surface area (Å²) in [6, 6.07) is 0. The number of hydrogen-bond donors (Lipinski definition) is 0. The summed E-state index contributed by atoms with van der Waals surface area (Å²) in [6.07, 6.45) is 11.0. The van der Waals surface area contributed by atoms with Crippen LogP contribution in [0.25, 0.3) is 0 Å². The highest BCUT2D eigenvalue weighted by Crippen LogP contribution is 2.38. The van der Waals surface area contributed by atoms with Gasteiger partial charge in [-0.2, -0.15) is 0 Å². The molecule has 0 bridgehead atoms. The van der Waals surface area contributed by atoms with E-state index in [0.717, 1.165) is 0 Å². The van der Waals surface area contributed by atoms with E-state index in [1.54, 1.807) is 0 Å². The fraction of sp³-hybridized carbons (Fsp3) is 1.00. The maximum absolute atomic E-state index is 5.15. The number of epoxide rings is 2. The third-order valence-electron chi connectivity index (χ3n) is 3.33. The van der Waals surface area contributed by atoms with Crippen molar-refractivity contribution < 1.29 is 9.47 Å². The molecule has 0 amide bonds. The first kappa shape index (κ1) is 7.34. The zero-order chi connectivity index (χ0) is 7.97. The molecule has 0 radical (unpaired) electrons. The van der Waals surface area contributed by atoms with Gasteiger partial charge in [-0.15, -0.1) is 0 Å². The van der Waals surface area contributed by atoms with Gasteiger partial charge in [0.2, 0.25) is 0 Å². The third kappa shape index (κ3) is 1.38. The Morgan fingerprint density at radius 1 is 0.583 bits per heavy atom. The van der Waals surface area contributed by atoms with Crippen molar-refractivity contribution in [3.63, 3.8) is 0 Å². The van der Waals surface area contributed by atoms with Crippen LogP contribution in [0.2, 0.25) is 0 Å². The molecular formula is C10H16O2. The summed E-state index contributed by atoms with van der Waals surface area (Å²) in [5, 5.41) is 0. The molecule has 4 rings (SSSR count). The van der Waals surface area contributed by atoms with E-state index in [9.17, 15) is 0 Å². The molecule has 0 aromatic carbocycles. The van der Waals surface area contributed by atoms with Crippen molar-refractivity contribution in [3.8, 4) is 0 Å². The van der Waals surface area contributed by atoms with Crippen LogP contribution in [0.5, 0.6) is 0 Å². The van der Waals surface area contributed by atoms with Crippen molar-refractivity contribution in [3.05, 3.63) is 0 Å². The van der Waals surface area contributed by atoms with Crippen LogP contribution in [-0.2, 0) is 9.47 Å². The molecule has 2 saturated heterocycles. The van der Waals surface area contributed by atoms with Crippen LogP contribution in [0.15, 0.2) is 0 Å². The minimum atomic E-state index is 0.713. The van der Waals surface area contributed by atoms with Gasteiger partial charge < -0.3 is 9.47 Å². The maximum atomic E-state index is 5.15. The molecule has 2 heteroatoms. The lowest BCUT2D eigenvalue weighted by molar-refractivity contribution is 0.322. The molecule has 4 unspecified atom stereocenters. The normalized spacial score (nSPS) is 52.0. The van der Waals surface area contributed by atoms with E-state index in [1.807, 2.05) is 0 Å². The Morgan fingerprint density at radius 2 is 0.917 bits per heavy atom. The van der Waals surface area contributed by atoms with Gasteiger partial charge in [0.15, 0.2) is 0 Å². The van der Waals surface area contributed by atoms with E-state index in [2.05, 4.69) is 0 Å². The fourth-order valence-electron chi connectivity index (χ4n) is 2.41. The van der Waals surface area contributed by atoms with Crippen molar-refractivity contribution in [1.82, 2.24) is 0 Å². The van der Waals surface area contributed by atoms with Crippen LogP contribution in [0.3, 0.4) is 0 Å². The van der Waals surface area contributed by atoms with Gasteiger partial charge in [-0.3, -0.25) is 0 Å². The van der Waals surface area contributed by atoms with E-state index >= 15 is 0 Å². The summed E-state index contributed by atoms with van der Waals surface area (Å²) in [7, 11) is 0. The average Bonchev–Trinajstić information content (AvgIpc) is 2.95. The van der Waals surface area contributed by atoms with E-state index in [0.29, 0.717) is 24.4 Å². The molecule has 12 heavy (non-hydrogen) atoms. The standard InChI is InChI=1S/2C5H8O/c2*1-2-4-5(3-1)6-4/h2*4-5H,1-3H2. The molecule has 2 heterocycles. The molecule has 0 spiro atoms. The topological polar surface area (TPSA) is 25.1 Å². The third-order valence-corrected chi connectivity index (χ3v) is 3.33. The van der Waals surface area contributed by atoms with Gasteiger partial charge in [0, 0.05) is 0 Å². The summed E-state index contributed by atoms with van der Waals surface area (Å²) in [4.78, 5) is 0. The molecule has 0 N–H and O–H groups in total. The van der Waals surface area contributed by atoms with Crippen LogP contribution >= 0.6 is 0 Å². The summed E-state index contributed by atoms with van der Waals surface area (Å²) in [5.41, 5.74) is 0. The lowest BCUT2D eigenvalue weighted by Gasteiger charge is -1.81. The van der Waals surface area contributed by atoms with Gasteiger partial charge in [0.05, 0.1) is 24.4 Å². The van der Waals surface area contributed by atoms with Crippen molar-refractivity contribution in [2.75, 3.05) is 0 Å². The molecule has 0 aromatic rings. The molecule has 2 saturated carbocycles. The van der Waals surface area contributed by atoms with Crippen molar-refractivity contribution in [2.45, 2.75) is 62.9 Å². The van der Waals surface area contributed by atoms with Gasteiger partial charge in [0.25, 0.3) is 0 Å². The zero-order valence-corrected chi connectivity index (χ0v) is 7.37. The second-order valence-corrected chi connectivity index (χ2v) is 4.29. The van der Waals surface area contributed by atoms with Gasteiger partial charge in [-0.05, 0) is 38.5 Å². The minimum absolute atomic E-state index is 0.713. The first-order valence-electron chi connectivity index (χ1n) is 5.24. The van der Waals surface area contributed by atoms with E-state index in [-0.39, 0.29) is 0 Å². The Hall–Kier alpha value is -0.0800. The summed E-state index contributed by atoms with van der Waals surface area (Å²) >= 11 is 0. The smallest absolute Gasteiger partial charge is 0.0841 e. The Balaban J connectivity index is 0.0000000817. The summed E-state index contributed by atoms with van der Waals surface area (Å²) in [5.74, 6) is 0. The van der Waals surface area contributed by atoms with E-state index < -0.39 is 0 Å². The molecule has 4 fully saturated rings. The van der Waals surface area contributed by atoms with Crippen LogP contribution in [0.1, 0.15) is 38.5 Å². The maximum Gasteiger partial charge on any atom is 0.0841 e. The molecule has 4 atom stereocenters. The summed E-state index contributed by atoms with van der Waals surface area (Å²) < 4.78 is 10.3. The first-order chi connectivity index (χ1) is 5.93. The quantitative estimate of drug-likeness (QED) is 0.516. The highest BCUT2D eigenvalue weighted by Gasteiger charge is 2.42. The Morgan fingerprint density at radius 3 is 1.00 bits per heavy atom. The lowest BCUT2D eigenvalue weighted by atomic mass is 10.4. The number of rotatable bonds is 0. The van der Waals surface area contributed by atoms with Crippen LogP contribution in [0, 0.1) is 0 Å². The van der Waals surface area contributed by atoms with Gasteiger partial charge in [0.1, 0.15) is 0 Å².